The second-order valence-corrected chi connectivity index (χ2v) is 12.6. The third kappa shape index (κ3) is 3.08. The topological polar surface area (TPSA) is 60.4 Å². The second kappa shape index (κ2) is 7.68. The quantitative estimate of drug-likeness (QED) is 0.392. The van der Waals surface area contributed by atoms with Crippen LogP contribution in [0.25, 0.3) is 0 Å². The fraction of sp³-hybridized carbons (Fsp3) is 0.552. The summed E-state index contributed by atoms with van der Waals surface area (Å²) in [4.78, 5) is 37.9. The van der Waals surface area contributed by atoms with Gasteiger partial charge in [0.05, 0.1) is 0 Å². The number of allylic oxidation sites excluding steroid dienone is 3. The van der Waals surface area contributed by atoms with Gasteiger partial charge in [-0.05, 0) is 61.3 Å². The van der Waals surface area contributed by atoms with Crippen LogP contribution in [0.4, 0.5) is 0 Å². The first-order valence-corrected chi connectivity index (χ1v) is 13.5. The zero-order valence-electron chi connectivity index (χ0n) is 19.9. The molecule has 1 aromatic rings. The Balaban J connectivity index is 1.42. The van der Waals surface area contributed by atoms with Crippen LogP contribution in [0.3, 0.4) is 0 Å². The molecular weight excluding hydrogens is 444 g/mol. The normalized spacial score (nSPS) is 42.6. The lowest BCUT2D eigenvalue weighted by Gasteiger charge is -2.58. The standard InChI is InChI=1S/C29H32O4S/c1-27-12-8-20(30)16-19(27)17-23(34-26(32)18-6-4-3-5-7-18)25-21(27)9-13-28(2)22(25)10-14-29(28)15-11-24(31)33-29/h3-7,9,13,16,21-23,25H,8,10-12,14-15,17H2,1-2H3/t21?,22?,23-,25?,27?,28?,29-/m1/s1. The molecule has 6 rings (SSSR count). The summed E-state index contributed by atoms with van der Waals surface area (Å²) in [7, 11) is 0. The van der Waals surface area contributed by atoms with E-state index < -0.39 is 5.60 Å². The number of ketones is 1. The zero-order chi connectivity index (χ0) is 23.7. The monoisotopic (exact) mass is 476 g/mol. The highest BCUT2D eigenvalue weighted by Gasteiger charge is 2.67. The first kappa shape index (κ1) is 22.3. The average molecular weight is 477 g/mol. The first-order valence-electron chi connectivity index (χ1n) is 12.7. The molecule has 4 nitrogen and oxygen atoms in total. The molecule has 1 aromatic carbocycles. The predicted octanol–water partition coefficient (Wildman–Crippen LogP) is 5.92. The molecule has 0 amide bonds. The van der Waals surface area contributed by atoms with E-state index in [-0.39, 0.29) is 38.9 Å². The Morgan fingerprint density at radius 1 is 1.06 bits per heavy atom. The van der Waals surface area contributed by atoms with Crippen molar-refractivity contribution in [3.63, 3.8) is 0 Å². The number of ether oxygens (including phenoxy) is 1. The van der Waals surface area contributed by atoms with Gasteiger partial charge >= 0.3 is 5.97 Å². The molecule has 3 fully saturated rings. The number of esters is 1. The molecule has 5 heteroatoms. The number of hydrogen-bond donors (Lipinski definition) is 0. The molecule has 0 bridgehead atoms. The Morgan fingerprint density at radius 3 is 2.59 bits per heavy atom. The van der Waals surface area contributed by atoms with Crippen molar-refractivity contribution >= 4 is 28.6 Å². The van der Waals surface area contributed by atoms with E-state index in [1.165, 1.54) is 17.3 Å². The maximum atomic E-state index is 13.3. The molecule has 5 aliphatic rings. The van der Waals surface area contributed by atoms with Crippen LogP contribution >= 0.6 is 11.8 Å². The van der Waals surface area contributed by atoms with Crippen LogP contribution in [0.5, 0.6) is 0 Å². The maximum Gasteiger partial charge on any atom is 0.306 e. The van der Waals surface area contributed by atoms with E-state index in [2.05, 4.69) is 26.0 Å². The Labute approximate surface area is 205 Å². The number of fused-ring (bicyclic) bond motifs is 6. The zero-order valence-corrected chi connectivity index (χ0v) is 20.7. The Kier molecular flexibility index (Phi) is 5.04. The number of carbonyl (C=O) groups excluding carboxylic acids is 3. The van der Waals surface area contributed by atoms with Crippen molar-refractivity contribution in [2.24, 2.45) is 28.6 Å². The minimum absolute atomic E-state index is 0.0502. The van der Waals surface area contributed by atoms with Gasteiger partial charge < -0.3 is 4.74 Å². The minimum Gasteiger partial charge on any atom is -0.458 e. The molecule has 1 saturated heterocycles. The summed E-state index contributed by atoms with van der Waals surface area (Å²) in [6, 6.07) is 9.52. The van der Waals surface area contributed by atoms with Crippen LogP contribution in [-0.4, -0.2) is 27.7 Å². The van der Waals surface area contributed by atoms with Gasteiger partial charge in [-0.1, -0.05) is 73.7 Å². The lowest BCUT2D eigenvalue weighted by Crippen LogP contribution is -2.55. The molecule has 1 aliphatic heterocycles. The lowest BCUT2D eigenvalue weighted by atomic mass is 9.48. The number of carbonyl (C=O) groups is 3. The van der Waals surface area contributed by atoms with E-state index >= 15 is 0 Å². The van der Waals surface area contributed by atoms with Crippen molar-refractivity contribution in [3.05, 3.63) is 59.7 Å². The molecule has 1 heterocycles. The van der Waals surface area contributed by atoms with Crippen LogP contribution in [0, 0.1) is 28.6 Å². The fourth-order valence-corrected chi connectivity index (χ4v) is 9.38. The Hall–Kier alpha value is -2.14. The van der Waals surface area contributed by atoms with Crippen molar-refractivity contribution in [3.8, 4) is 0 Å². The highest BCUT2D eigenvalue weighted by atomic mass is 32.2. The average Bonchev–Trinajstić information content (AvgIpc) is 3.35. The van der Waals surface area contributed by atoms with Crippen LogP contribution in [-0.2, 0) is 14.3 Å². The minimum atomic E-state index is -0.408. The summed E-state index contributed by atoms with van der Waals surface area (Å²) < 4.78 is 6.07. The molecule has 4 aliphatic carbocycles. The van der Waals surface area contributed by atoms with Crippen LogP contribution in [0.2, 0.25) is 0 Å². The van der Waals surface area contributed by atoms with Crippen molar-refractivity contribution in [1.82, 2.24) is 0 Å². The fourth-order valence-electron chi connectivity index (χ4n) is 8.05. The van der Waals surface area contributed by atoms with Gasteiger partial charge in [-0.2, -0.15) is 0 Å². The third-order valence-electron chi connectivity index (χ3n) is 10.00. The van der Waals surface area contributed by atoms with E-state index in [0.717, 1.165) is 37.7 Å². The van der Waals surface area contributed by atoms with E-state index in [9.17, 15) is 14.4 Å². The maximum absolute atomic E-state index is 13.3. The highest BCUT2D eigenvalue weighted by Crippen LogP contribution is 2.68. The van der Waals surface area contributed by atoms with Crippen molar-refractivity contribution in [1.29, 1.82) is 0 Å². The number of rotatable bonds is 2. The van der Waals surface area contributed by atoms with Gasteiger partial charge in [0, 0.05) is 29.1 Å². The SMILES string of the molecule is CC12CCC(=O)C=C1C[C@@H](SC(=O)c1ccccc1)C1C2C=CC2(C)C1CC[C@@]21CCC(=O)O1. The summed E-state index contributed by atoms with van der Waals surface area (Å²) in [5.41, 5.74) is 1.28. The van der Waals surface area contributed by atoms with Crippen molar-refractivity contribution < 1.29 is 19.1 Å². The molecule has 5 unspecified atom stereocenters. The summed E-state index contributed by atoms with van der Waals surface area (Å²) in [6.07, 6.45) is 12.1. The first-order chi connectivity index (χ1) is 16.3. The summed E-state index contributed by atoms with van der Waals surface area (Å²) in [5.74, 6) is 1.08. The van der Waals surface area contributed by atoms with Crippen molar-refractivity contribution in [2.75, 3.05) is 0 Å². The number of benzene rings is 1. The van der Waals surface area contributed by atoms with Gasteiger partial charge in [0.15, 0.2) is 5.78 Å². The molecule has 0 N–H and O–H groups in total. The van der Waals surface area contributed by atoms with Gasteiger partial charge in [0.1, 0.15) is 5.60 Å². The van der Waals surface area contributed by atoms with Gasteiger partial charge in [-0.25, -0.2) is 0 Å². The molecule has 1 spiro atoms. The van der Waals surface area contributed by atoms with Gasteiger partial charge in [0.2, 0.25) is 5.12 Å². The van der Waals surface area contributed by atoms with Gasteiger partial charge in [-0.3, -0.25) is 14.4 Å². The second-order valence-electron chi connectivity index (χ2n) is 11.4. The van der Waals surface area contributed by atoms with E-state index in [0.29, 0.717) is 24.7 Å². The molecule has 178 valence electrons. The predicted molar refractivity (Wildman–Crippen MR) is 132 cm³/mol. The van der Waals surface area contributed by atoms with Crippen LogP contribution in [0.15, 0.2) is 54.1 Å². The molecule has 0 aromatic heterocycles. The molecule has 34 heavy (non-hydrogen) atoms. The summed E-state index contributed by atoms with van der Waals surface area (Å²) in [5, 5.41) is 0.205. The molecular formula is C29H32O4S. The summed E-state index contributed by atoms with van der Waals surface area (Å²) >= 11 is 1.46. The highest BCUT2D eigenvalue weighted by molar-refractivity contribution is 8.14. The molecule has 0 radical (unpaired) electrons. The Bertz CT molecular complexity index is 1120. The molecule has 7 atom stereocenters. The lowest BCUT2D eigenvalue weighted by molar-refractivity contribution is -0.157. The van der Waals surface area contributed by atoms with E-state index in [1.807, 2.05) is 36.4 Å². The van der Waals surface area contributed by atoms with E-state index in [4.69, 9.17) is 4.74 Å². The van der Waals surface area contributed by atoms with E-state index in [1.54, 1.807) is 0 Å². The summed E-state index contributed by atoms with van der Waals surface area (Å²) in [6.45, 7) is 4.62. The van der Waals surface area contributed by atoms with Gasteiger partial charge in [0.25, 0.3) is 0 Å². The van der Waals surface area contributed by atoms with Crippen molar-refractivity contribution in [2.45, 2.75) is 69.6 Å². The largest absolute Gasteiger partial charge is 0.458 e. The van der Waals surface area contributed by atoms with Gasteiger partial charge in [-0.15, -0.1) is 0 Å². The number of hydrogen-bond acceptors (Lipinski definition) is 5. The number of thioether (sulfide) groups is 1. The smallest absolute Gasteiger partial charge is 0.306 e. The third-order valence-corrected chi connectivity index (χ3v) is 11.2. The Morgan fingerprint density at radius 2 is 1.85 bits per heavy atom. The van der Waals surface area contributed by atoms with Crippen LogP contribution in [0.1, 0.15) is 69.2 Å². The molecule has 2 saturated carbocycles. The van der Waals surface area contributed by atoms with Crippen LogP contribution < -0.4 is 0 Å².